The molecule has 0 aromatic heterocycles. The van der Waals surface area contributed by atoms with Crippen molar-refractivity contribution in [2.24, 2.45) is 11.5 Å². The number of nitrogens with two attached hydrogens (primary N) is 2. The molecule has 1 unspecified atom stereocenters. The minimum absolute atomic E-state index is 0.151. The molecule has 0 radical (unpaired) electrons. The van der Waals surface area contributed by atoms with E-state index in [4.69, 9.17) is 11.5 Å². The number of phenolic OH excluding ortho intramolecular Hbond substituents is 1. The van der Waals surface area contributed by atoms with Crippen LogP contribution in [0.15, 0.2) is 24.3 Å². The zero-order valence-electron chi connectivity index (χ0n) is 11.9. The predicted octanol–water partition coefficient (Wildman–Crippen LogP) is 0.764. The lowest BCUT2D eigenvalue weighted by Gasteiger charge is -2.34. The van der Waals surface area contributed by atoms with Crippen molar-refractivity contribution in [1.29, 1.82) is 0 Å². The van der Waals surface area contributed by atoms with Crippen LogP contribution in [0.1, 0.15) is 24.8 Å². The van der Waals surface area contributed by atoms with Crippen LogP contribution >= 0.6 is 0 Å². The summed E-state index contributed by atoms with van der Waals surface area (Å²) in [5.74, 6) is 0.0207. The quantitative estimate of drug-likeness (QED) is 0.760. The Bertz CT molecular complexity index is 515. The number of urea groups is 1. The number of amides is 2. The number of rotatable bonds is 4. The van der Waals surface area contributed by atoms with Gasteiger partial charge in [-0.05, 0) is 43.4 Å². The number of piperidine rings is 1. The van der Waals surface area contributed by atoms with Crippen molar-refractivity contribution in [3.8, 4) is 5.75 Å². The van der Waals surface area contributed by atoms with Gasteiger partial charge in [0.05, 0.1) is 12.1 Å². The average Bonchev–Trinajstić information content (AvgIpc) is 2.48. The van der Waals surface area contributed by atoms with E-state index in [1.165, 1.54) is 4.90 Å². The number of phenols is 1. The van der Waals surface area contributed by atoms with Crippen molar-refractivity contribution < 1.29 is 14.7 Å². The monoisotopic (exact) mass is 291 g/mol. The molecule has 114 valence electrons. The van der Waals surface area contributed by atoms with Gasteiger partial charge in [0.15, 0.2) is 5.78 Å². The molecule has 1 aliphatic rings. The number of nitrogens with zero attached hydrogens (tertiary/aromatic N) is 1. The maximum absolute atomic E-state index is 12.5. The standard InChI is InChI=1S/C15H21N3O3/c16-12(9-10-4-6-11(19)7-5-10)14(20)13-3-1-2-8-18(13)15(17)21/h4-7,12-13,19H,1-3,8-9,16H2,(H2,17,21)/t12-,13?/m0/s1. The van der Waals surface area contributed by atoms with Crippen LogP contribution in [0.5, 0.6) is 5.75 Å². The molecule has 1 aromatic rings. The molecule has 1 fully saturated rings. The summed E-state index contributed by atoms with van der Waals surface area (Å²) in [6, 6.07) is 4.82. The van der Waals surface area contributed by atoms with E-state index < -0.39 is 18.1 Å². The SMILES string of the molecule is NC(=O)N1CCCCC1C(=O)[C@@H](N)Cc1ccc(O)cc1. The molecule has 6 heteroatoms. The normalized spacial score (nSPS) is 20.0. The molecule has 0 saturated carbocycles. The molecule has 1 heterocycles. The van der Waals surface area contributed by atoms with Crippen molar-refractivity contribution in [3.05, 3.63) is 29.8 Å². The average molecular weight is 291 g/mol. The molecule has 6 nitrogen and oxygen atoms in total. The van der Waals surface area contributed by atoms with Crippen LogP contribution in [0.4, 0.5) is 4.79 Å². The first-order chi connectivity index (χ1) is 9.99. The second-order valence-electron chi connectivity index (χ2n) is 5.42. The molecule has 1 saturated heterocycles. The number of hydrogen-bond donors (Lipinski definition) is 3. The van der Waals surface area contributed by atoms with E-state index in [0.717, 1.165) is 18.4 Å². The minimum Gasteiger partial charge on any atom is -0.508 e. The fourth-order valence-electron chi connectivity index (χ4n) is 2.72. The smallest absolute Gasteiger partial charge is 0.315 e. The van der Waals surface area contributed by atoms with Gasteiger partial charge in [-0.25, -0.2) is 4.79 Å². The van der Waals surface area contributed by atoms with Crippen LogP contribution in [0, 0.1) is 0 Å². The summed E-state index contributed by atoms with van der Waals surface area (Å²) in [6.07, 6.45) is 2.75. The summed E-state index contributed by atoms with van der Waals surface area (Å²) in [4.78, 5) is 25.3. The lowest BCUT2D eigenvalue weighted by atomic mass is 9.92. The number of carbonyl (C=O) groups is 2. The zero-order chi connectivity index (χ0) is 15.4. The maximum atomic E-state index is 12.5. The number of aromatic hydroxyl groups is 1. The first kappa shape index (κ1) is 15.3. The van der Waals surface area contributed by atoms with Crippen molar-refractivity contribution in [1.82, 2.24) is 4.90 Å². The van der Waals surface area contributed by atoms with Crippen LogP contribution in [-0.4, -0.2) is 40.4 Å². The van der Waals surface area contributed by atoms with Crippen LogP contribution in [0.25, 0.3) is 0 Å². The first-order valence-electron chi connectivity index (χ1n) is 7.12. The summed E-state index contributed by atoms with van der Waals surface area (Å²) in [6.45, 7) is 0.512. The Labute approximate surface area is 123 Å². The highest BCUT2D eigenvalue weighted by atomic mass is 16.3. The number of hydrogen-bond acceptors (Lipinski definition) is 4. The van der Waals surface area contributed by atoms with Gasteiger partial charge in [0.2, 0.25) is 0 Å². The van der Waals surface area contributed by atoms with E-state index in [1.54, 1.807) is 24.3 Å². The molecule has 2 amide bonds. The number of ketones is 1. The number of primary amides is 1. The highest BCUT2D eigenvalue weighted by Crippen LogP contribution is 2.19. The number of benzene rings is 1. The lowest BCUT2D eigenvalue weighted by Crippen LogP contribution is -2.54. The minimum atomic E-state index is -0.681. The van der Waals surface area contributed by atoms with E-state index in [2.05, 4.69) is 0 Å². The molecule has 2 rings (SSSR count). The fraction of sp³-hybridized carbons (Fsp3) is 0.467. The van der Waals surface area contributed by atoms with E-state index in [1.807, 2.05) is 0 Å². The number of Topliss-reactive ketones (excluding diaryl/α,β-unsaturated/α-hetero) is 1. The van der Waals surface area contributed by atoms with E-state index in [-0.39, 0.29) is 11.5 Å². The third-order valence-electron chi connectivity index (χ3n) is 3.87. The topological polar surface area (TPSA) is 110 Å². The van der Waals surface area contributed by atoms with Crippen LogP contribution in [0.3, 0.4) is 0 Å². The van der Waals surface area contributed by atoms with Gasteiger partial charge in [-0.3, -0.25) is 4.79 Å². The summed E-state index contributed by atoms with van der Waals surface area (Å²) in [5.41, 5.74) is 12.2. The Morgan fingerprint density at radius 1 is 1.29 bits per heavy atom. The fourth-order valence-corrected chi connectivity index (χ4v) is 2.72. The van der Waals surface area contributed by atoms with Crippen LogP contribution in [-0.2, 0) is 11.2 Å². The molecule has 2 atom stereocenters. The van der Waals surface area contributed by atoms with E-state index in [0.29, 0.717) is 19.4 Å². The second-order valence-corrected chi connectivity index (χ2v) is 5.42. The highest BCUT2D eigenvalue weighted by molar-refractivity contribution is 5.92. The predicted molar refractivity (Wildman–Crippen MR) is 78.7 cm³/mol. The Kier molecular flexibility index (Phi) is 4.80. The van der Waals surface area contributed by atoms with Gasteiger partial charge in [-0.1, -0.05) is 12.1 Å². The van der Waals surface area contributed by atoms with Crippen molar-refractivity contribution >= 4 is 11.8 Å². The second kappa shape index (κ2) is 6.58. The Hall–Kier alpha value is -2.08. The summed E-state index contributed by atoms with van der Waals surface area (Å²) >= 11 is 0. The Balaban J connectivity index is 2.03. The lowest BCUT2D eigenvalue weighted by molar-refractivity contribution is -0.125. The van der Waals surface area contributed by atoms with Gasteiger partial charge in [0.1, 0.15) is 5.75 Å². The molecular weight excluding hydrogens is 270 g/mol. The van der Waals surface area contributed by atoms with Gasteiger partial charge >= 0.3 is 6.03 Å². The Morgan fingerprint density at radius 2 is 1.95 bits per heavy atom. The molecule has 5 N–H and O–H groups in total. The molecule has 0 bridgehead atoms. The van der Waals surface area contributed by atoms with E-state index in [9.17, 15) is 14.7 Å². The zero-order valence-corrected chi connectivity index (χ0v) is 11.9. The van der Waals surface area contributed by atoms with Crippen LogP contribution in [0.2, 0.25) is 0 Å². The van der Waals surface area contributed by atoms with Crippen molar-refractivity contribution in [2.45, 2.75) is 37.8 Å². The van der Waals surface area contributed by atoms with Crippen molar-refractivity contribution in [3.63, 3.8) is 0 Å². The number of likely N-dealkylation sites (tertiary alicyclic amines) is 1. The molecule has 21 heavy (non-hydrogen) atoms. The maximum Gasteiger partial charge on any atom is 0.315 e. The summed E-state index contributed by atoms with van der Waals surface area (Å²) < 4.78 is 0. The molecule has 0 spiro atoms. The van der Waals surface area contributed by atoms with Gasteiger partial charge < -0.3 is 21.5 Å². The highest BCUT2D eigenvalue weighted by Gasteiger charge is 2.33. The van der Waals surface area contributed by atoms with Gasteiger partial charge in [0.25, 0.3) is 0 Å². The molecule has 1 aromatic carbocycles. The third-order valence-corrected chi connectivity index (χ3v) is 3.87. The Morgan fingerprint density at radius 3 is 2.57 bits per heavy atom. The third kappa shape index (κ3) is 3.72. The molecule has 0 aliphatic carbocycles. The van der Waals surface area contributed by atoms with Crippen LogP contribution < -0.4 is 11.5 Å². The van der Waals surface area contributed by atoms with Gasteiger partial charge in [-0.2, -0.15) is 0 Å². The van der Waals surface area contributed by atoms with Gasteiger partial charge in [0, 0.05) is 6.54 Å². The van der Waals surface area contributed by atoms with Gasteiger partial charge in [-0.15, -0.1) is 0 Å². The first-order valence-corrected chi connectivity index (χ1v) is 7.12. The van der Waals surface area contributed by atoms with Crippen molar-refractivity contribution in [2.75, 3.05) is 6.54 Å². The summed E-state index contributed by atoms with van der Waals surface area (Å²) in [5, 5.41) is 9.24. The van der Waals surface area contributed by atoms with E-state index >= 15 is 0 Å². The molecule has 1 aliphatic heterocycles. The summed E-state index contributed by atoms with van der Waals surface area (Å²) in [7, 11) is 0. The largest absolute Gasteiger partial charge is 0.508 e. The number of carbonyl (C=O) groups excluding carboxylic acids is 2. The molecular formula is C15H21N3O3.